The van der Waals surface area contributed by atoms with Crippen LogP contribution in [0.1, 0.15) is 39.1 Å². The molecule has 3 aromatic rings. The zero-order chi connectivity index (χ0) is 19.2. The summed E-state index contributed by atoms with van der Waals surface area (Å²) in [6, 6.07) is 22.9. The van der Waals surface area contributed by atoms with Gasteiger partial charge in [0.15, 0.2) is 5.78 Å². The van der Waals surface area contributed by atoms with E-state index in [1.807, 2.05) is 37.3 Å². The maximum atomic E-state index is 12.6. The number of ketones is 1. The third-order valence-corrected chi connectivity index (χ3v) is 4.37. The van der Waals surface area contributed by atoms with E-state index < -0.39 is 5.97 Å². The molecule has 0 saturated carbocycles. The Morgan fingerprint density at radius 2 is 1.30 bits per heavy atom. The van der Waals surface area contributed by atoms with Crippen LogP contribution >= 0.6 is 0 Å². The molecule has 0 N–H and O–H groups in total. The van der Waals surface area contributed by atoms with Gasteiger partial charge in [0.05, 0.1) is 12.7 Å². The van der Waals surface area contributed by atoms with E-state index in [-0.39, 0.29) is 11.7 Å². The van der Waals surface area contributed by atoms with Crippen LogP contribution in [0.25, 0.3) is 0 Å². The number of carbonyl (C=O) groups is 2. The van der Waals surface area contributed by atoms with Crippen LogP contribution in [0.2, 0.25) is 0 Å². The van der Waals surface area contributed by atoms with Crippen LogP contribution in [0.15, 0.2) is 78.9 Å². The molecule has 0 spiro atoms. The molecule has 4 nitrogen and oxygen atoms in total. The molecule has 0 aromatic heterocycles. The highest BCUT2D eigenvalue weighted by Gasteiger charge is 2.17. The quantitative estimate of drug-likeness (QED) is 0.356. The molecular formula is C23H20O4. The Kier molecular flexibility index (Phi) is 5.67. The van der Waals surface area contributed by atoms with E-state index in [2.05, 4.69) is 0 Å². The van der Waals surface area contributed by atoms with Crippen LogP contribution in [0.3, 0.4) is 0 Å². The van der Waals surface area contributed by atoms with Crippen molar-refractivity contribution in [2.45, 2.75) is 12.8 Å². The predicted molar refractivity (Wildman–Crippen MR) is 104 cm³/mol. The maximum Gasteiger partial charge on any atom is 0.343 e. The summed E-state index contributed by atoms with van der Waals surface area (Å²) in [5, 5.41) is 0. The second-order valence-electron chi connectivity index (χ2n) is 6.14. The molecule has 1 atom stereocenters. The van der Waals surface area contributed by atoms with Crippen LogP contribution in [-0.4, -0.2) is 18.9 Å². The Morgan fingerprint density at radius 3 is 1.89 bits per heavy atom. The Labute approximate surface area is 158 Å². The van der Waals surface area contributed by atoms with Crippen molar-refractivity contribution >= 4 is 11.8 Å². The van der Waals surface area contributed by atoms with E-state index in [1.54, 1.807) is 55.6 Å². The predicted octanol–water partition coefficient (Wildman–Crippen LogP) is 4.90. The summed E-state index contributed by atoms with van der Waals surface area (Å²) < 4.78 is 10.4. The summed E-state index contributed by atoms with van der Waals surface area (Å²) in [4.78, 5) is 24.9. The number of hydrogen-bond acceptors (Lipinski definition) is 4. The molecule has 3 aromatic carbocycles. The molecule has 136 valence electrons. The molecule has 27 heavy (non-hydrogen) atoms. The molecule has 0 aliphatic rings. The van der Waals surface area contributed by atoms with Crippen molar-refractivity contribution in [3.05, 3.63) is 95.6 Å². The molecule has 0 aliphatic carbocycles. The smallest absolute Gasteiger partial charge is 0.343 e. The van der Waals surface area contributed by atoms with Gasteiger partial charge in [-0.15, -0.1) is 0 Å². The summed E-state index contributed by atoms with van der Waals surface area (Å²) in [7, 11) is 1.57. The standard InChI is InChI=1S/C23H20O4/c1-16(17-6-4-3-5-7-17)22(24)18-8-10-19(11-9-18)23(25)27-21-14-12-20(26-2)13-15-21/h3-16H,1-2H3/t16-/m0/s1. The van der Waals surface area contributed by atoms with Crippen molar-refractivity contribution in [1.82, 2.24) is 0 Å². The number of methoxy groups -OCH3 is 1. The molecule has 0 heterocycles. The number of carbonyl (C=O) groups excluding carboxylic acids is 2. The Hall–Kier alpha value is -3.40. The average molecular weight is 360 g/mol. The van der Waals surface area contributed by atoms with Gasteiger partial charge in [-0.05, 0) is 42.0 Å². The fraction of sp³-hybridized carbons (Fsp3) is 0.130. The van der Waals surface area contributed by atoms with Crippen molar-refractivity contribution in [3.8, 4) is 11.5 Å². The van der Waals surface area contributed by atoms with Gasteiger partial charge in [0.25, 0.3) is 0 Å². The third-order valence-electron chi connectivity index (χ3n) is 4.37. The minimum absolute atomic E-state index is 0.0104. The van der Waals surface area contributed by atoms with Crippen molar-refractivity contribution in [3.63, 3.8) is 0 Å². The van der Waals surface area contributed by atoms with Gasteiger partial charge >= 0.3 is 5.97 Å². The SMILES string of the molecule is COc1ccc(OC(=O)c2ccc(C(=O)[C@@H](C)c3ccccc3)cc2)cc1. The van der Waals surface area contributed by atoms with E-state index >= 15 is 0 Å². The first-order valence-corrected chi connectivity index (χ1v) is 8.64. The summed E-state index contributed by atoms with van der Waals surface area (Å²) in [5.74, 6) is 0.402. The second kappa shape index (κ2) is 8.32. The van der Waals surface area contributed by atoms with Crippen molar-refractivity contribution in [1.29, 1.82) is 0 Å². The number of rotatable bonds is 6. The van der Waals surface area contributed by atoms with Gasteiger partial charge in [0.1, 0.15) is 11.5 Å². The molecule has 0 saturated heterocycles. The van der Waals surface area contributed by atoms with Crippen LogP contribution in [-0.2, 0) is 0 Å². The zero-order valence-corrected chi connectivity index (χ0v) is 15.2. The highest BCUT2D eigenvalue weighted by atomic mass is 16.5. The van der Waals surface area contributed by atoms with Crippen molar-refractivity contribution < 1.29 is 19.1 Å². The van der Waals surface area contributed by atoms with Crippen molar-refractivity contribution in [2.24, 2.45) is 0 Å². The molecule has 0 fully saturated rings. The number of esters is 1. The Bertz CT molecular complexity index is 913. The molecule has 0 aliphatic heterocycles. The molecule has 0 radical (unpaired) electrons. The van der Waals surface area contributed by atoms with E-state index in [9.17, 15) is 9.59 Å². The number of benzene rings is 3. The monoisotopic (exact) mass is 360 g/mol. The molecule has 0 amide bonds. The highest BCUT2D eigenvalue weighted by Crippen LogP contribution is 2.21. The largest absolute Gasteiger partial charge is 0.497 e. The first kappa shape index (κ1) is 18.4. The first-order valence-electron chi connectivity index (χ1n) is 8.64. The molecular weight excluding hydrogens is 340 g/mol. The molecule has 3 rings (SSSR count). The van der Waals surface area contributed by atoms with Crippen LogP contribution < -0.4 is 9.47 Å². The molecule has 4 heteroatoms. The lowest BCUT2D eigenvalue weighted by Gasteiger charge is -2.11. The van der Waals surface area contributed by atoms with Gasteiger partial charge in [-0.1, -0.05) is 49.4 Å². The first-order chi connectivity index (χ1) is 13.1. The van der Waals surface area contributed by atoms with Gasteiger partial charge in [-0.2, -0.15) is 0 Å². The van der Waals surface area contributed by atoms with E-state index in [0.717, 1.165) is 5.56 Å². The highest BCUT2D eigenvalue weighted by molar-refractivity contribution is 6.01. The zero-order valence-electron chi connectivity index (χ0n) is 15.2. The van der Waals surface area contributed by atoms with Gasteiger partial charge in [0, 0.05) is 11.5 Å². The Morgan fingerprint density at radius 1 is 0.741 bits per heavy atom. The van der Waals surface area contributed by atoms with E-state index in [1.165, 1.54) is 0 Å². The number of hydrogen-bond donors (Lipinski definition) is 0. The normalized spacial score (nSPS) is 11.5. The molecule has 0 bridgehead atoms. The van der Waals surface area contributed by atoms with Crippen LogP contribution in [0, 0.1) is 0 Å². The van der Waals surface area contributed by atoms with Gasteiger partial charge in [-0.25, -0.2) is 4.79 Å². The minimum atomic E-state index is -0.477. The van der Waals surface area contributed by atoms with E-state index in [0.29, 0.717) is 22.6 Å². The number of Topliss-reactive ketones (excluding diaryl/α,β-unsaturated/α-hetero) is 1. The van der Waals surface area contributed by atoms with Crippen molar-refractivity contribution in [2.75, 3.05) is 7.11 Å². The summed E-state index contributed by atoms with van der Waals surface area (Å²) in [6.07, 6.45) is 0. The third kappa shape index (κ3) is 4.42. The molecule has 0 unspecified atom stereocenters. The van der Waals surface area contributed by atoms with Crippen LogP contribution in [0.5, 0.6) is 11.5 Å². The lowest BCUT2D eigenvalue weighted by Crippen LogP contribution is -2.11. The maximum absolute atomic E-state index is 12.6. The average Bonchev–Trinajstić information content (AvgIpc) is 2.74. The fourth-order valence-electron chi connectivity index (χ4n) is 2.72. The second-order valence-corrected chi connectivity index (χ2v) is 6.14. The lowest BCUT2D eigenvalue weighted by atomic mass is 9.92. The van der Waals surface area contributed by atoms with Crippen LogP contribution in [0.4, 0.5) is 0 Å². The fourth-order valence-corrected chi connectivity index (χ4v) is 2.72. The minimum Gasteiger partial charge on any atom is -0.497 e. The van der Waals surface area contributed by atoms with E-state index in [4.69, 9.17) is 9.47 Å². The summed E-state index contributed by atoms with van der Waals surface area (Å²) >= 11 is 0. The Balaban J connectivity index is 1.68. The topological polar surface area (TPSA) is 52.6 Å². The number of ether oxygens (including phenoxy) is 2. The van der Waals surface area contributed by atoms with Gasteiger partial charge in [0.2, 0.25) is 0 Å². The summed E-state index contributed by atoms with van der Waals surface area (Å²) in [6.45, 7) is 1.88. The lowest BCUT2D eigenvalue weighted by molar-refractivity contribution is 0.0734. The van der Waals surface area contributed by atoms with Gasteiger partial charge in [-0.3, -0.25) is 4.79 Å². The summed E-state index contributed by atoms with van der Waals surface area (Å²) in [5.41, 5.74) is 1.91. The van der Waals surface area contributed by atoms with Gasteiger partial charge < -0.3 is 9.47 Å².